The molecule has 0 radical (unpaired) electrons. The lowest BCUT2D eigenvalue weighted by atomic mass is 10.00. The molecule has 2 N–H and O–H groups in total. The molecule has 0 aliphatic carbocycles. The molecule has 1 amide bonds. The summed E-state index contributed by atoms with van der Waals surface area (Å²) in [7, 11) is 0. The van der Waals surface area contributed by atoms with Gasteiger partial charge in [0, 0.05) is 6.42 Å². The van der Waals surface area contributed by atoms with Crippen LogP contribution in [-0.4, -0.2) is 34.6 Å². The fourth-order valence-corrected chi connectivity index (χ4v) is 1.79. The summed E-state index contributed by atoms with van der Waals surface area (Å²) in [6.07, 6.45) is -0.751. The number of ketones is 1. The van der Waals surface area contributed by atoms with Gasteiger partial charge in [0.1, 0.15) is 5.60 Å². The van der Waals surface area contributed by atoms with Crippen molar-refractivity contribution in [3.05, 3.63) is 35.4 Å². The first kappa shape index (κ1) is 17.7. The van der Waals surface area contributed by atoms with E-state index in [1.165, 1.54) is 13.0 Å². The Kier molecular flexibility index (Phi) is 5.68. The Morgan fingerprint density at radius 2 is 1.82 bits per heavy atom. The first-order chi connectivity index (χ1) is 10.1. The summed E-state index contributed by atoms with van der Waals surface area (Å²) in [5.41, 5.74) is -0.152. The standard InChI is InChI=1S/C16H21NO5/c1-10(17-15(21)22-16(2,3)4)13(18)9-11-7-5-6-8-12(11)14(19)20/h5-8,10H,9H2,1-4H3,(H,17,21)(H,19,20). The Hall–Kier alpha value is -2.37. The van der Waals surface area contributed by atoms with E-state index in [4.69, 9.17) is 9.84 Å². The topological polar surface area (TPSA) is 92.7 Å². The van der Waals surface area contributed by atoms with Crippen LogP contribution in [-0.2, 0) is 16.0 Å². The highest BCUT2D eigenvalue weighted by Gasteiger charge is 2.22. The van der Waals surface area contributed by atoms with Crippen molar-refractivity contribution in [2.45, 2.75) is 45.8 Å². The van der Waals surface area contributed by atoms with Crippen molar-refractivity contribution in [2.24, 2.45) is 0 Å². The molecule has 0 fully saturated rings. The highest BCUT2D eigenvalue weighted by molar-refractivity contribution is 5.94. The van der Waals surface area contributed by atoms with Gasteiger partial charge in [-0.1, -0.05) is 18.2 Å². The first-order valence-electron chi connectivity index (χ1n) is 6.93. The van der Waals surface area contributed by atoms with Gasteiger partial charge in [-0.05, 0) is 39.3 Å². The summed E-state index contributed by atoms with van der Waals surface area (Å²) in [5.74, 6) is -1.38. The van der Waals surface area contributed by atoms with E-state index in [-0.39, 0.29) is 17.8 Å². The van der Waals surface area contributed by atoms with E-state index >= 15 is 0 Å². The fourth-order valence-electron chi connectivity index (χ4n) is 1.79. The van der Waals surface area contributed by atoms with Gasteiger partial charge in [0.2, 0.25) is 0 Å². The lowest BCUT2D eigenvalue weighted by molar-refractivity contribution is -0.120. The third-order valence-electron chi connectivity index (χ3n) is 2.83. The number of benzene rings is 1. The maximum absolute atomic E-state index is 12.1. The normalized spacial score (nSPS) is 12.4. The maximum Gasteiger partial charge on any atom is 0.408 e. The molecule has 0 saturated carbocycles. The second-order valence-corrected chi connectivity index (χ2v) is 5.97. The number of aromatic carboxylic acids is 1. The third-order valence-corrected chi connectivity index (χ3v) is 2.83. The molecule has 1 rings (SSSR count). The number of carboxylic acids is 1. The molecule has 0 saturated heterocycles. The van der Waals surface area contributed by atoms with Crippen LogP contribution in [0.4, 0.5) is 4.79 Å². The highest BCUT2D eigenvalue weighted by Crippen LogP contribution is 2.11. The number of carbonyl (C=O) groups excluding carboxylic acids is 2. The van der Waals surface area contributed by atoms with E-state index in [9.17, 15) is 14.4 Å². The fraction of sp³-hybridized carbons (Fsp3) is 0.438. The van der Waals surface area contributed by atoms with Crippen LogP contribution in [0.1, 0.15) is 43.6 Å². The largest absolute Gasteiger partial charge is 0.478 e. The Morgan fingerprint density at radius 3 is 2.36 bits per heavy atom. The second-order valence-electron chi connectivity index (χ2n) is 5.97. The minimum absolute atomic E-state index is 0.0700. The molecule has 0 heterocycles. The SMILES string of the molecule is CC(NC(=O)OC(C)(C)C)C(=O)Cc1ccccc1C(=O)O. The number of carboxylic acid groups (broad SMARTS) is 1. The molecule has 1 aromatic rings. The quantitative estimate of drug-likeness (QED) is 0.871. The van der Waals surface area contributed by atoms with Crippen LogP contribution < -0.4 is 5.32 Å². The molecule has 22 heavy (non-hydrogen) atoms. The van der Waals surface area contributed by atoms with Gasteiger partial charge >= 0.3 is 12.1 Å². The van der Waals surface area contributed by atoms with E-state index in [1.807, 2.05) is 0 Å². The molecular weight excluding hydrogens is 286 g/mol. The summed E-state index contributed by atoms with van der Waals surface area (Å²) in [6, 6.07) is 5.52. The van der Waals surface area contributed by atoms with E-state index in [0.717, 1.165) is 0 Å². The van der Waals surface area contributed by atoms with E-state index in [0.29, 0.717) is 5.56 Å². The molecule has 1 unspecified atom stereocenters. The van der Waals surface area contributed by atoms with Crippen molar-refractivity contribution in [3.63, 3.8) is 0 Å². The summed E-state index contributed by atoms with van der Waals surface area (Å²) < 4.78 is 5.07. The predicted octanol–water partition coefficient (Wildman–Crippen LogP) is 2.41. The molecular formula is C16H21NO5. The average Bonchev–Trinajstić information content (AvgIpc) is 2.36. The van der Waals surface area contributed by atoms with Gasteiger partial charge in [-0.3, -0.25) is 4.79 Å². The van der Waals surface area contributed by atoms with Gasteiger partial charge in [0.15, 0.2) is 5.78 Å². The summed E-state index contributed by atoms with van der Waals surface area (Å²) in [4.78, 5) is 34.9. The van der Waals surface area contributed by atoms with Gasteiger partial charge in [-0.15, -0.1) is 0 Å². The number of carbonyl (C=O) groups is 3. The van der Waals surface area contributed by atoms with Crippen LogP contribution in [0.3, 0.4) is 0 Å². The Morgan fingerprint density at radius 1 is 1.23 bits per heavy atom. The second kappa shape index (κ2) is 7.06. The van der Waals surface area contributed by atoms with Crippen LogP contribution in [0.5, 0.6) is 0 Å². The molecule has 120 valence electrons. The Labute approximate surface area is 129 Å². The zero-order valence-electron chi connectivity index (χ0n) is 13.2. The van der Waals surface area contributed by atoms with Crippen LogP contribution in [0.2, 0.25) is 0 Å². The number of Topliss-reactive ketones (excluding diaryl/α,β-unsaturated/α-hetero) is 1. The summed E-state index contributed by atoms with van der Waals surface area (Å²) in [6.45, 7) is 6.71. The third kappa shape index (κ3) is 5.55. The Balaban J connectivity index is 2.69. The summed E-state index contributed by atoms with van der Waals surface area (Å²) >= 11 is 0. The van der Waals surface area contributed by atoms with Gasteiger partial charge in [0.05, 0.1) is 11.6 Å². The average molecular weight is 307 g/mol. The lowest BCUT2D eigenvalue weighted by Crippen LogP contribution is -2.42. The van der Waals surface area contributed by atoms with Gasteiger partial charge in [-0.2, -0.15) is 0 Å². The molecule has 6 nitrogen and oxygen atoms in total. The molecule has 0 aliphatic rings. The number of nitrogens with one attached hydrogen (secondary N) is 1. The van der Waals surface area contributed by atoms with Crippen LogP contribution in [0.15, 0.2) is 24.3 Å². The molecule has 1 atom stereocenters. The first-order valence-corrected chi connectivity index (χ1v) is 6.93. The molecule has 0 bridgehead atoms. The smallest absolute Gasteiger partial charge is 0.408 e. The molecule has 1 aromatic carbocycles. The van der Waals surface area contributed by atoms with Crippen molar-refractivity contribution in [2.75, 3.05) is 0 Å². The van der Waals surface area contributed by atoms with Crippen molar-refractivity contribution >= 4 is 17.8 Å². The summed E-state index contributed by atoms with van der Waals surface area (Å²) in [5, 5.41) is 11.5. The van der Waals surface area contributed by atoms with Crippen LogP contribution in [0, 0.1) is 0 Å². The zero-order chi connectivity index (χ0) is 16.9. The zero-order valence-corrected chi connectivity index (χ0v) is 13.2. The number of hydrogen-bond donors (Lipinski definition) is 2. The van der Waals surface area contributed by atoms with Gasteiger partial charge < -0.3 is 15.2 Å². The predicted molar refractivity (Wildman–Crippen MR) is 80.9 cm³/mol. The monoisotopic (exact) mass is 307 g/mol. The van der Waals surface area contributed by atoms with Crippen molar-refractivity contribution < 1.29 is 24.2 Å². The number of amides is 1. The maximum atomic E-state index is 12.1. The molecule has 0 spiro atoms. The minimum Gasteiger partial charge on any atom is -0.478 e. The lowest BCUT2D eigenvalue weighted by Gasteiger charge is -2.21. The number of alkyl carbamates (subject to hydrolysis) is 1. The van der Waals surface area contributed by atoms with Crippen molar-refractivity contribution in [1.29, 1.82) is 0 Å². The number of hydrogen-bond acceptors (Lipinski definition) is 4. The minimum atomic E-state index is -1.09. The van der Waals surface area contributed by atoms with Crippen molar-refractivity contribution in [3.8, 4) is 0 Å². The van der Waals surface area contributed by atoms with Crippen LogP contribution in [0.25, 0.3) is 0 Å². The molecule has 0 aromatic heterocycles. The number of rotatable bonds is 5. The van der Waals surface area contributed by atoms with Crippen LogP contribution >= 0.6 is 0 Å². The van der Waals surface area contributed by atoms with Gasteiger partial charge in [-0.25, -0.2) is 9.59 Å². The molecule has 6 heteroatoms. The van der Waals surface area contributed by atoms with E-state index < -0.39 is 23.7 Å². The molecule has 0 aliphatic heterocycles. The highest BCUT2D eigenvalue weighted by atomic mass is 16.6. The van der Waals surface area contributed by atoms with E-state index in [2.05, 4.69) is 5.32 Å². The van der Waals surface area contributed by atoms with Gasteiger partial charge in [0.25, 0.3) is 0 Å². The van der Waals surface area contributed by atoms with Crippen molar-refractivity contribution in [1.82, 2.24) is 5.32 Å². The number of ether oxygens (including phenoxy) is 1. The Bertz CT molecular complexity index is 574. The van der Waals surface area contributed by atoms with E-state index in [1.54, 1.807) is 39.0 Å².